The average Bonchev–Trinajstić information content (AvgIpc) is 2.19. The number of phenols is 2. The molecule has 1 aromatic carbocycles. The molecule has 0 aliphatic heterocycles. The lowest BCUT2D eigenvalue weighted by Gasteiger charge is -2.07. The number of phenolic OH excluding ortho intramolecular Hbond substituents is 2. The van der Waals surface area contributed by atoms with Crippen molar-refractivity contribution in [2.75, 3.05) is 6.26 Å². The molecule has 2 N–H and O–H groups in total. The van der Waals surface area contributed by atoms with Crippen LogP contribution >= 0.6 is 0 Å². The molecular weight excluding hydrogens is 248 g/mol. The first-order chi connectivity index (χ1) is 7.80. The van der Waals surface area contributed by atoms with E-state index in [1.165, 1.54) is 0 Å². The van der Waals surface area contributed by atoms with Gasteiger partial charge in [0.25, 0.3) is 10.0 Å². The Bertz CT molecular complexity index is 763. The van der Waals surface area contributed by atoms with Crippen molar-refractivity contribution in [3.63, 3.8) is 0 Å². The molecule has 0 fully saturated rings. The number of aromatic nitrogens is 2. The molecule has 90 valence electrons. The number of nitrogens with zero attached hydrogens (tertiary/aromatic N) is 2. The maximum atomic E-state index is 11.5. The van der Waals surface area contributed by atoms with E-state index in [9.17, 15) is 23.4 Å². The van der Waals surface area contributed by atoms with Crippen LogP contribution in [0, 0.1) is 0 Å². The zero-order chi connectivity index (χ0) is 12.8. The van der Waals surface area contributed by atoms with Gasteiger partial charge in [-0.05, 0) is 6.07 Å². The highest BCUT2D eigenvalue weighted by Crippen LogP contribution is 2.28. The summed E-state index contributed by atoms with van der Waals surface area (Å²) in [5.41, 5.74) is -0.634. The lowest BCUT2D eigenvalue weighted by Crippen LogP contribution is -2.18. The predicted octanol–water partition coefficient (Wildman–Crippen LogP) is -0.385. The van der Waals surface area contributed by atoms with Crippen molar-refractivity contribution in [3.05, 3.63) is 28.6 Å². The van der Waals surface area contributed by atoms with Gasteiger partial charge in [0.1, 0.15) is 0 Å². The van der Waals surface area contributed by atoms with Crippen molar-refractivity contribution in [3.8, 4) is 11.5 Å². The first kappa shape index (κ1) is 11.4. The zero-order valence-electron chi connectivity index (χ0n) is 8.65. The van der Waals surface area contributed by atoms with Crippen LogP contribution in [0.5, 0.6) is 11.5 Å². The minimum absolute atomic E-state index is 0.0410. The Morgan fingerprint density at radius 3 is 2.41 bits per heavy atom. The highest BCUT2D eigenvalue weighted by atomic mass is 32.2. The average molecular weight is 256 g/mol. The van der Waals surface area contributed by atoms with Gasteiger partial charge in [-0.2, -0.15) is 9.19 Å². The van der Waals surface area contributed by atoms with Gasteiger partial charge >= 0.3 is 0 Å². The van der Waals surface area contributed by atoms with E-state index in [4.69, 9.17) is 0 Å². The normalized spacial score (nSPS) is 11.8. The van der Waals surface area contributed by atoms with Crippen LogP contribution in [0.25, 0.3) is 10.9 Å². The summed E-state index contributed by atoms with van der Waals surface area (Å²) >= 11 is 0. The van der Waals surface area contributed by atoms with E-state index in [2.05, 4.69) is 5.10 Å². The lowest BCUT2D eigenvalue weighted by molar-refractivity contribution is 0.404. The number of rotatable bonds is 1. The van der Waals surface area contributed by atoms with Gasteiger partial charge in [-0.15, -0.1) is 0 Å². The summed E-state index contributed by atoms with van der Waals surface area (Å²) in [6.07, 6.45) is 1.74. The van der Waals surface area contributed by atoms with Crippen molar-refractivity contribution in [2.45, 2.75) is 0 Å². The van der Waals surface area contributed by atoms with Crippen LogP contribution in [0.2, 0.25) is 0 Å². The van der Waals surface area contributed by atoms with Gasteiger partial charge in [0, 0.05) is 6.07 Å². The van der Waals surface area contributed by atoms with E-state index in [1.807, 2.05) is 0 Å². The molecule has 0 spiro atoms. The molecule has 17 heavy (non-hydrogen) atoms. The molecular formula is C9H8N2O5S. The SMILES string of the molecule is CS(=O)(=O)n1ncc(=O)c2cc(O)c(O)cc21. The standard InChI is InChI=1S/C9H8N2O5S/c1-17(15,16)11-6-3-8(13)7(12)2-5(6)9(14)4-10-11/h2-4,12-13H,1H3. The van der Waals surface area contributed by atoms with Gasteiger partial charge in [-0.1, -0.05) is 0 Å². The summed E-state index contributed by atoms with van der Waals surface area (Å²) < 4.78 is 23.4. The first-order valence-electron chi connectivity index (χ1n) is 4.45. The number of hydrogen-bond donors (Lipinski definition) is 2. The molecule has 0 bridgehead atoms. The van der Waals surface area contributed by atoms with Crippen molar-refractivity contribution in [1.82, 2.24) is 9.19 Å². The molecule has 0 aliphatic rings. The molecule has 7 nitrogen and oxygen atoms in total. The van der Waals surface area contributed by atoms with Gasteiger partial charge in [0.05, 0.1) is 23.4 Å². The fraction of sp³-hybridized carbons (Fsp3) is 0.111. The summed E-state index contributed by atoms with van der Waals surface area (Å²) in [5.74, 6) is -1.02. The van der Waals surface area contributed by atoms with Crippen LogP contribution < -0.4 is 5.43 Å². The van der Waals surface area contributed by atoms with Crippen LogP contribution in [-0.4, -0.2) is 34.1 Å². The van der Waals surface area contributed by atoms with E-state index < -0.39 is 27.0 Å². The van der Waals surface area contributed by atoms with Gasteiger partial charge < -0.3 is 10.2 Å². The Morgan fingerprint density at radius 2 is 1.82 bits per heavy atom. The molecule has 0 atom stereocenters. The van der Waals surface area contributed by atoms with Crippen LogP contribution in [0.3, 0.4) is 0 Å². The molecule has 0 unspecified atom stereocenters. The first-order valence-corrected chi connectivity index (χ1v) is 6.30. The number of aromatic hydroxyl groups is 2. The van der Waals surface area contributed by atoms with Crippen LogP contribution in [-0.2, 0) is 10.0 Å². The second-order valence-corrected chi connectivity index (χ2v) is 5.28. The summed E-state index contributed by atoms with van der Waals surface area (Å²) in [7, 11) is -3.70. The highest BCUT2D eigenvalue weighted by Gasteiger charge is 2.14. The third-order valence-corrected chi connectivity index (χ3v) is 3.08. The molecule has 2 aromatic rings. The van der Waals surface area contributed by atoms with Gasteiger partial charge in [-0.25, -0.2) is 8.42 Å². The van der Waals surface area contributed by atoms with Gasteiger partial charge in [-0.3, -0.25) is 4.79 Å². The second kappa shape index (κ2) is 3.45. The summed E-state index contributed by atoms with van der Waals surface area (Å²) in [6.45, 7) is 0. The topological polar surface area (TPSA) is 109 Å². The van der Waals surface area contributed by atoms with E-state index in [0.717, 1.165) is 24.6 Å². The van der Waals surface area contributed by atoms with Gasteiger partial charge in [0.2, 0.25) is 5.43 Å². The summed E-state index contributed by atoms with van der Waals surface area (Å²) in [4.78, 5) is 11.5. The fourth-order valence-corrected chi connectivity index (χ4v) is 2.15. The molecule has 0 amide bonds. The lowest BCUT2D eigenvalue weighted by atomic mass is 10.2. The highest BCUT2D eigenvalue weighted by molar-refractivity contribution is 7.89. The molecule has 2 rings (SSSR count). The third-order valence-electron chi connectivity index (χ3n) is 2.16. The fourth-order valence-electron chi connectivity index (χ4n) is 1.42. The zero-order valence-corrected chi connectivity index (χ0v) is 9.47. The van der Waals surface area contributed by atoms with Crippen molar-refractivity contribution in [1.29, 1.82) is 0 Å². The predicted molar refractivity (Wildman–Crippen MR) is 59.6 cm³/mol. The maximum absolute atomic E-state index is 11.5. The largest absolute Gasteiger partial charge is 0.504 e. The maximum Gasteiger partial charge on any atom is 0.251 e. The quantitative estimate of drug-likeness (QED) is 0.673. The molecule has 0 saturated carbocycles. The number of fused-ring (bicyclic) bond motifs is 1. The van der Waals surface area contributed by atoms with Gasteiger partial charge in [0.15, 0.2) is 11.5 Å². The van der Waals surface area contributed by atoms with Crippen LogP contribution in [0.1, 0.15) is 0 Å². The Kier molecular flexibility index (Phi) is 2.32. The Balaban J connectivity index is 3.06. The molecule has 0 aliphatic carbocycles. The molecule has 1 aromatic heterocycles. The smallest absolute Gasteiger partial charge is 0.251 e. The number of benzene rings is 1. The Hall–Kier alpha value is -2.09. The van der Waals surface area contributed by atoms with Crippen LogP contribution in [0.15, 0.2) is 23.1 Å². The van der Waals surface area contributed by atoms with Crippen molar-refractivity contribution >= 4 is 20.9 Å². The summed E-state index contributed by atoms with van der Waals surface area (Å²) in [6, 6.07) is 1.97. The number of hydrogen-bond acceptors (Lipinski definition) is 6. The Morgan fingerprint density at radius 1 is 1.24 bits per heavy atom. The van der Waals surface area contributed by atoms with Crippen molar-refractivity contribution in [2.24, 2.45) is 0 Å². The molecule has 0 saturated heterocycles. The molecule has 0 radical (unpaired) electrons. The van der Waals surface area contributed by atoms with E-state index in [1.54, 1.807) is 0 Å². The second-order valence-electron chi connectivity index (χ2n) is 3.47. The van der Waals surface area contributed by atoms with Crippen molar-refractivity contribution < 1.29 is 18.6 Å². The summed E-state index contributed by atoms with van der Waals surface area (Å²) in [5, 5.41) is 22.0. The van der Waals surface area contributed by atoms with E-state index >= 15 is 0 Å². The van der Waals surface area contributed by atoms with E-state index in [0.29, 0.717) is 4.09 Å². The third kappa shape index (κ3) is 1.82. The van der Waals surface area contributed by atoms with E-state index in [-0.39, 0.29) is 10.9 Å². The molecule has 1 heterocycles. The molecule has 8 heteroatoms. The monoisotopic (exact) mass is 256 g/mol. The Labute approximate surface area is 95.6 Å². The van der Waals surface area contributed by atoms with Crippen LogP contribution in [0.4, 0.5) is 0 Å². The minimum Gasteiger partial charge on any atom is -0.504 e. The minimum atomic E-state index is -3.70.